The zero-order valence-electron chi connectivity index (χ0n) is 9.64. The maximum atomic E-state index is 11.9. The first-order valence-electron chi connectivity index (χ1n) is 5.18. The number of hydrogen-bond donors (Lipinski definition) is 1. The van der Waals surface area contributed by atoms with Crippen LogP contribution >= 0.6 is 12.6 Å². The Morgan fingerprint density at radius 1 is 1.38 bits per heavy atom. The molecule has 0 saturated carbocycles. The Labute approximate surface area is 102 Å². The van der Waals surface area contributed by atoms with Gasteiger partial charge in [0.1, 0.15) is 0 Å². The van der Waals surface area contributed by atoms with Crippen LogP contribution in [0.15, 0.2) is 29.2 Å². The normalized spacial score (nSPS) is 10.2. The van der Waals surface area contributed by atoms with Crippen molar-refractivity contribution < 1.29 is 9.53 Å². The van der Waals surface area contributed by atoms with Crippen LogP contribution in [-0.4, -0.2) is 38.1 Å². The summed E-state index contributed by atoms with van der Waals surface area (Å²) < 4.78 is 4.95. The van der Waals surface area contributed by atoms with Crippen LogP contribution in [0.1, 0.15) is 16.8 Å². The van der Waals surface area contributed by atoms with Gasteiger partial charge in [-0.1, -0.05) is 0 Å². The van der Waals surface area contributed by atoms with Crippen molar-refractivity contribution in [2.24, 2.45) is 0 Å². The number of carbonyl (C=O) groups is 1. The van der Waals surface area contributed by atoms with Gasteiger partial charge in [0.15, 0.2) is 0 Å². The third-order valence-corrected chi connectivity index (χ3v) is 2.60. The summed E-state index contributed by atoms with van der Waals surface area (Å²) in [5.74, 6) is 0.0319. The molecule has 0 unspecified atom stereocenters. The Kier molecular flexibility index (Phi) is 5.35. The highest BCUT2D eigenvalue weighted by molar-refractivity contribution is 7.80. The van der Waals surface area contributed by atoms with Crippen LogP contribution in [0.3, 0.4) is 0 Å². The quantitative estimate of drug-likeness (QED) is 0.630. The average Bonchev–Trinajstić information content (AvgIpc) is 2.29. The van der Waals surface area contributed by atoms with E-state index in [9.17, 15) is 4.79 Å². The molecule has 88 valence electrons. The van der Waals surface area contributed by atoms with Crippen LogP contribution in [0, 0.1) is 0 Å². The van der Waals surface area contributed by atoms with E-state index in [0.717, 1.165) is 11.3 Å². The van der Waals surface area contributed by atoms with Gasteiger partial charge in [0.2, 0.25) is 0 Å². The highest BCUT2D eigenvalue weighted by Crippen LogP contribution is 2.09. The van der Waals surface area contributed by atoms with E-state index in [1.807, 2.05) is 12.1 Å². The molecule has 0 aliphatic heterocycles. The standard InChI is InChI=1S/C12H17NO2S/c1-13(8-3-9-15-2)12(14)10-4-6-11(16)7-5-10/h4-7,16H,3,8-9H2,1-2H3. The van der Waals surface area contributed by atoms with E-state index < -0.39 is 0 Å². The second-order valence-electron chi connectivity index (χ2n) is 3.62. The molecule has 0 aromatic heterocycles. The molecular formula is C12H17NO2S. The Morgan fingerprint density at radius 3 is 2.56 bits per heavy atom. The van der Waals surface area contributed by atoms with Gasteiger partial charge in [0, 0.05) is 37.8 Å². The molecular weight excluding hydrogens is 222 g/mol. The third kappa shape index (κ3) is 3.87. The van der Waals surface area contributed by atoms with Crippen molar-refractivity contribution in [2.75, 3.05) is 27.3 Å². The van der Waals surface area contributed by atoms with Crippen molar-refractivity contribution in [1.82, 2.24) is 4.90 Å². The van der Waals surface area contributed by atoms with Crippen molar-refractivity contribution in [1.29, 1.82) is 0 Å². The van der Waals surface area contributed by atoms with Gasteiger partial charge < -0.3 is 9.64 Å². The molecule has 1 aromatic rings. The van der Waals surface area contributed by atoms with E-state index in [-0.39, 0.29) is 5.91 Å². The van der Waals surface area contributed by atoms with Crippen molar-refractivity contribution in [2.45, 2.75) is 11.3 Å². The number of amides is 1. The van der Waals surface area contributed by atoms with Gasteiger partial charge in [-0.15, -0.1) is 12.6 Å². The lowest BCUT2D eigenvalue weighted by Crippen LogP contribution is -2.28. The number of carbonyl (C=O) groups excluding carboxylic acids is 1. The van der Waals surface area contributed by atoms with Crippen LogP contribution in [0.5, 0.6) is 0 Å². The van der Waals surface area contributed by atoms with Gasteiger partial charge in [-0.05, 0) is 30.7 Å². The molecule has 0 heterocycles. The lowest BCUT2D eigenvalue weighted by atomic mass is 10.2. The Bertz CT molecular complexity index is 337. The molecule has 0 radical (unpaired) electrons. The lowest BCUT2D eigenvalue weighted by Gasteiger charge is -2.16. The van der Waals surface area contributed by atoms with Crippen LogP contribution in [0.2, 0.25) is 0 Å². The Hall–Kier alpha value is -1.00. The van der Waals surface area contributed by atoms with Gasteiger partial charge in [0.25, 0.3) is 5.91 Å². The molecule has 1 rings (SSSR count). The minimum absolute atomic E-state index is 0.0319. The summed E-state index contributed by atoms with van der Waals surface area (Å²) in [6.45, 7) is 1.38. The minimum atomic E-state index is 0.0319. The predicted molar refractivity (Wildman–Crippen MR) is 67.1 cm³/mol. The smallest absolute Gasteiger partial charge is 0.253 e. The van der Waals surface area contributed by atoms with Gasteiger partial charge >= 0.3 is 0 Å². The molecule has 0 aliphatic rings. The van der Waals surface area contributed by atoms with Crippen molar-refractivity contribution in [3.8, 4) is 0 Å². The van der Waals surface area contributed by atoms with E-state index >= 15 is 0 Å². The SMILES string of the molecule is COCCCN(C)C(=O)c1ccc(S)cc1. The molecule has 0 saturated heterocycles. The molecule has 0 bridgehead atoms. The number of hydrogen-bond acceptors (Lipinski definition) is 3. The van der Waals surface area contributed by atoms with Gasteiger partial charge in [-0.2, -0.15) is 0 Å². The Morgan fingerprint density at radius 2 is 2.00 bits per heavy atom. The first kappa shape index (κ1) is 13.1. The fourth-order valence-electron chi connectivity index (χ4n) is 1.37. The van der Waals surface area contributed by atoms with Gasteiger partial charge in [0.05, 0.1) is 0 Å². The summed E-state index contributed by atoms with van der Waals surface area (Å²) in [4.78, 5) is 14.5. The zero-order chi connectivity index (χ0) is 12.0. The van der Waals surface area contributed by atoms with E-state index in [0.29, 0.717) is 18.7 Å². The highest BCUT2D eigenvalue weighted by Gasteiger charge is 2.10. The number of benzene rings is 1. The predicted octanol–water partition coefficient (Wildman–Crippen LogP) is 2.08. The summed E-state index contributed by atoms with van der Waals surface area (Å²) >= 11 is 4.18. The van der Waals surface area contributed by atoms with E-state index in [2.05, 4.69) is 12.6 Å². The minimum Gasteiger partial charge on any atom is -0.385 e. The third-order valence-electron chi connectivity index (χ3n) is 2.30. The first-order chi connectivity index (χ1) is 7.65. The largest absolute Gasteiger partial charge is 0.385 e. The fourth-order valence-corrected chi connectivity index (χ4v) is 1.52. The summed E-state index contributed by atoms with van der Waals surface area (Å²) in [5.41, 5.74) is 0.692. The Balaban J connectivity index is 2.53. The van der Waals surface area contributed by atoms with Crippen molar-refractivity contribution in [3.63, 3.8) is 0 Å². The highest BCUT2D eigenvalue weighted by atomic mass is 32.1. The molecule has 0 spiro atoms. The number of methoxy groups -OCH3 is 1. The molecule has 0 aliphatic carbocycles. The number of rotatable bonds is 5. The van der Waals surface area contributed by atoms with Crippen LogP contribution in [0.25, 0.3) is 0 Å². The van der Waals surface area contributed by atoms with Crippen molar-refractivity contribution >= 4 is 18.5 Å². The van der Waals surface area contributed by atoms with Crippen LogP contribution in [-0.2, 0) is 4.74 Å². The first-order valence-corrected chi connectivity index (χ1v) is 5.63. The fraction of sp³-hybridized carbons (Fsp3) is 0.417. The maximum absolute atomic E-state index is 11.9. The van der Waals surface area contributed by atoms with Crippen LogP contribution in [0.4, 0.5) is 0 Å². The zero-order valence-corrected chi connectivity index (χ0v) is 10.5. The molecule has 3 nitrogen and oxygen atoms in total. The van der Waals surface area contributed by atoms with E-state index in [4.69, 9.17) is 4.74 Å². The summed E-state index contributed by atoms with van der Waals surface area (Å²) in [7, 11) is 3.46. The summed E-state index contributed by atoms with van der Waals surface area (Å²) in [6, 6.07) is 7.22. The van der Waals surface area contributed by atoms with E-state index in [1.165, 1.54) is 0 Å². The summed E-state index contributed by atoms with van der Waals surface area (Å²) in [6.07, 6.45) is 0.851. The topological polar surface area (TPSA) is 29.5 Å². The molecule has 1 aromatic carbocycles. The molecule has 0 fully saturated rings. The number of ether oxygens (including phenoxy) is 1. The summed E-state index contributed by atoms with van der Waals surface area (Å²) in [5, 5.41) is 0. The average molecular weight is 239 g/mol. The molecule has 1 amide bonds. The number of thiol groups is 1. The van der Waals surface area contributed by atoms with E-state index in [1.54, 1.807) is 31.2 Å². The lowest BCUT2D eigenvalue weighted by molar-refractivity contribution is 0.0779. The van der Waals surface area contributed by atoms with Gasteiger partial charge in [-0.25, -0.2) is 0 Å². The molecule has 0 N–H and O–H groups in total. The second-order valence-corrected chi connectivity index (χ2v) is 4.14. The van der Waals surface area contributed by atoms with Crippen molar-refractivity contribution in [3.05, 3.63) is 29.8 Å². The number of nitrogens with zero attached hydrogens (tertiary/aromatic N) is 1. The maximum Gasteiger partial charge on any atom is 0.253 e. The molecule has 4 heteroatoms. The second kappa shape index (κ2) is 6.55. The molecule has 16 heavy (non-hydrogen) atoms. The monoisotopic (exact) mass is 239 g/mol. The van der Waals surface area contributed by atoms with Crippen LogP contribution < -0.4 is 0 Å². The molecule has 0 atom stereocenters. The van der Waals surface area contributed by atoms with Gasteiger partial charge in [-0.3, -0.25) is 4.79 Å².